The van der Waals surface area contributed by atoms with Gasteiger partial charge in [-0.15, -0.1) is 0 Å². The molecule has 0 spiro atoms. The maximum absolute atomic E-state index is 13.1. The fourth-order valence-corrected chi connectivity index (χ4v) is 5.12. The van der Waals surface area contributed by atoms with E-state index in [0.717, 1.165) is 12.3 Å². The van der Waals surface area contributed by atoms with E-state index in [1.807, 2.05) is 4.90 Å². The minimum Gasteiger partial charge on any atom is -0.363 e. The summed E-state index contributed by atoms with van der Waals surface area (Å²) in [4.78, 5) is 5.11. The Morgan fingerprint density at radius 2 is 1.81 bits per heavy atom. The Hall–Kier alpha value is -2.10. The van der Waals surface area contributed by atoms with E-state index in [9.17, 15) is 21.6 Å². The second-order valence-electron chi connectivity index (χ2n) is 7.10. The van der Waals surface area contributed by atoms with Gasteiger partial charge in [-0.05, 0) is 44.7 Å². The van der Waals surface area contributed by atoms with Crippen molar-refractivity contribution in [3.63, 3.8) is 0 Å². The number of hydrogen-bond donors (Lipinski definition) is 0. The molecule has 10 heteroatoms. The number of anilines is 1. The number of rotatable bonds is 4. The van der Waals surface area contributed by atoms with Crippen LogP contribution in [0.4, 0.5) is 19.0 Å². The zero-order valence-corrected chi connectivity index (χ0v) is 15.7. The molecule has 3 heterocycles. The molecule has 0 N–H and O–H groups in total. The third-order valence-electron chi connectivity index (χ3n) is 5.26. The first kappa shape index (κ1) is 19.7. The Labute approximate surface area is 155 Å². The summed E-state index contributed by atoms with van der Waals surface area (Å²) in [5.41, 5.74) is -1.11. The molecular formula is C17H20F3N3O3S. The molecular weight excluding hydrogens is 383 g/mol. The van der Waals surface area contributed by atoms with E-state index < -0.39 is 26.5 Å². The Kier molecular flexibility index (Phi) is 4.96. The molecule has 148 valence electrons. The molecule has 0 amide bonds. The molecule has 0 aliphatic carbocycles. The fourth-order valence-electron chi connectivity index (χ4n) is 3.40. The molecule has 3 rings (SSSR count). The molecule has 0 bridgehead atoms. The van der Waals surface area contributed by atoms with E-state index in [0.29, 0.717) is 37.8 Å². The normalized spacial score (nSPS) is 17.3. The molecule has 1 saturated heterocycles. The van der Waals surface area contributed by atoms with Crippen molar-refractivity contribution < 1.29 is 26.1 Å². The van der Waals surface area contributed by atoms with Gasteiger partial charge in [0.05, 0.1) is 9.64 Å². The zero-order chi connectivity index (χ0) is 19.9. The number of aromatic nitrogens is 2. The summed E-state index contributed by atoms with van der Waals surface area (Å²) in [6, 6.07) is 3.43. The van der Waals surface area contributed by atoms with Crippen LogP contribution in [0.2, 0.25) is 0 Å². The minimum atomic E-state index is -4.61. The molecule has 27 heavy (non-hydrogen) atoms. The van der Waals surface area contributed by atoms with Crippen molar-refractivity contribution in [1.82, 2.24) is 10.1 Å². The number of nitrogens with zero attached hydrogens (tertiary/aromatic N) is 3. The fraction of sp³-hybridized carbons (Fsp3) is 0.529. The second-order valence-corrected chi connectivity index (χ2v) is 9.63. The predicted octanol–water partition coefficient (Wildman–Crippen LogP) is 3.56. The maximum atomic E-state index is 13.1. The van der Waals surface area contributed by atoms with Gasteiger partial charge in [0.2, 0.25) is 0 Å². The summed E-state index contributed by atoms with van der Waals surface area (Å²) in [7, 11) is -3.85. The SMILES string of the molecule is CC(C)(C1CCN(c2ccon2)CC1)S(=O)(=O)c1ccc(C(F)(F)F)nc1. The minimum absolute atomic E-state index is 0.145. The Morgan fingerprint density at radius 3 is 2.30 bits per heavy atom. The van der Waals surface area contributed by atoms with Gasteiger partial charge in [0.25, 0.3) is 0 Å². The predicted molar refractivity (Wildman–Crippen MR) is 91.9 cm³/mol. The van der Waals surface area contributed by atoms with E-state index in [-0.39, 0.29) is 10.8 Å². The van der Waals surface area contributed by atoms with Crippen LogP contribution in [0, 0.1) is 5.92 Å². The third kappa shape index (κ3) is 3.67. The van der Waals surface area contributed by atoms with E-state index in [1.165, 1.54) is 6.26 Å². The van der Waals surface area contributed by atoms with Crippen molar-refractivity contribution in [2.45, 2.75) is 42.5 Å². The zero-order valence-electron chi connectivity index (χ0n) is 14.9. The van der Waals surface area contributed by atoms with Gasteiger partial charge in [-0.1, -0.05) is 5.16 Å². The van der Waals surface area contributed by atoms with Crippen LogP contribution in [-0.2, 0) is 16.0 Å². The average molecular weight is 403 g/mol. The first-order chi connectivity index (χ1) is 12.5. The van der Waals surface area contributed by atoms with Crippen LogP contribution in [-0.4, -0.2) is 36.4 Å². The highest BCUT2D eigenvalue weighted by molar-refractivity contribution is 7.92. The van der Waals surface area contributed by atoms with Gasteiger partial charge in [0.15, 0.2) is 15.7 Å². The summed E-state index contributed by atoms with van der Waals surface area (Å²) in [5.74, 6) is 0.564. The van der Waals surface area contributed by atoms with Gasteiger partial charge in [-0.2, -0.15) is 13.2 Å². The Balaban J connectivity index is 1.77. The summed E-state index contributed by atoms with van der Waals surface area (Å²) in [6.45, 7) is 4.50. The Morgan fingerprint density at radius 1 is 1.15 bits per heavy atom. The smallest absolute Gasteiger partial charge is 0.363 e. The van der Waals surface area contributed by atoms with E-state index in [4.69, 9.17) is 4.52 Å². The summed E-state index contributed by atoms with van der Waals surface area (Å²) in [5, 5.41) is 3.88. The number of hydrogen-bond acceptors (Lipinski definition) is 6. The molecule has 6 nitrogen and oxygen atoms in total. The van der Waals surface area contributed by atoms with Gasteiger partial charge in [-0.3, -0.25) is 4.98 Å². The lowest BCUT2D eigenvalue weighted by molar-refractivity contribution is -0.141. The molecule has 2 aromatic rings. The molecule has 0 radical (unpaired) electrons. The molecule has 0 aromatic carbocycles. The van der Waals surface area contributed by atoms with Gasteiger partial charge < -0.3 is 9.42 Å². The molecule has 1 aliphatic rings. The van der Waals surface area contributed by atoms with Crippen molar-refractivity contribution in [2.75, 3.05) is 18.0 Å². The monoisotopic (exact) mass is 403 g/mol. The first-order valence-electron chi connectivity index (χ1n) is 8.46. The lowest BCUT2D eigenvalue weighted by Crippen LogP contribution is -2.46. The molecule has 0 unspecified atom stereocenters. The van der Waals surface area contributed by atoms with E-state index >= 15 is 0 Å². The van der Waals surface area contributed by atoms with Gasteiger partial charge >= 0.3 is 6.18 Å². The van der Waals surface area contributed by atoms with Crippen LogP contribution in [0.25, 0.3) is 0 Å². The van der Waals surface area contributed by atoms with E-state index in [1.54, 1.807) is 19.9 Å². The molecule has 2 aromatic heterocycles. The maximum Gasteiger partial charge on any atom is 0.433 e. The number of alkyl halides is 3. The number of piperidine rings is 1. The van der Waals surface area contributed by atoms with Crippen LogP contribution in [0.5, 0.6) is 0 Å². The average Bonchev–Trinajstić information content (AvgIpc) is 3.16. The van der Waals surface area contributed by atoms with Gasteiger partial charge in [0.1, 0.15) is 12.0 Å². The third-order valence-corrected chi connectivity index (χ3v) is 7.84. The Bertz CT molecular complexity index is 870. The summed E-state index contributed by atoms with van der Waals surface area (Å²) < 4.78 is 67.8. The highest BCUT2D eigenvalue weighted by Gasteiger charge is 2.44. The van der Waals surface area contributed by atoms with Crippen LogP contribution >= 0.6 is 0 Å². The largest absolute Gasteiger partial charge is 0.433 e. The topological polar surface area (TPSA) is 76.3 Å². The highest BCUT2D eigenvalue weighted by Crippen LogP contribution is 2.39. The van der Waals surface area contributed by atoms with Crippen molar-refractivity contribution in [1.29, 1.82) is 0 Å². The molecule has 0 saturated carbocycles. The number of sulfone groups is 1. The lowest BCUT2D eigenvalue weighted by Gasteiger charge is -2.40. The van der Waals surface area contributed by atoms with Crippen LogP contribution in [0.3, 0.4) is 0 Å². The van der Waals surface area contributed by atoms with Crippen molar-refractivity contribution in [3.05, 3.63) is 36.4 Å². The quantitative estimate of drug-likeness (QED) is 0.777. The van der Waals surface area contributed by atoms with Gasteiger partial charge in [0, 0.05) is 25.4 Å². The van der Waals surface area contributed by atoms with E-state index in [2.05, 4.69) is 10.1 Å². The first-order valence-corrected chi connectivity index (χ1v) is 9.95. The van der Waals surface area contributed by atoms with Gasteiger partial charge in [-0.25, -0.2) is 8.42 Å². The summed E-state index contributed by atoms with van der Waals surface area (Å²) >= 11 is 0. The van der Waals surface area contributed by atoms with Crippen LogP contribution in [0.1, 0.15) is 32.4 Å². The summed E-state index contributed by atoms with van der Waals surface area (Å²) in [6.07, 6.45) is -1.09. The highest BCUT2D eigenvalue weighted by atomic mass is 32.2. The standard InChI is InChI=1S/C17H20F3N3O3S/c1-16(2,12-5-8-23(9-6-12)15-7-10-26-22-15)27(24,25)13-3-4-14(21-11-13)17(18,19)20/h3-4,7,10-12H,5-6,8-9H2,1-2H3. The van der Waals surface area contributed by atoms with Crippen molar-refractivity contribution in [3.8, 4) is 0 Å². The molecule has 0 atom stereocenters. The van der Waals surface area contributed by atoms with Crippen LogP contribution in [0.15, 0.2) is 40.1 Å². The lowest BCUT2D eigenvalue weighted by atomic mass is 9.86. The molecule has 1 fully saturated rings. The number of halogens is 3. The van der Waals surface area contributed by atoms with Crippen molar-refractivity contribution >= 4 is 15.7 Å². The van der Waals surface area contributed by atoms with Crippen molar-refractivity contribution in [2.24, 2.45) is 5.92 Å². The molecule has 1 aliphatic heterocycles. The number of pyridine rings is 1. The van der Waals surface area contributed by atoms with Crippen LogP contribution < -0.4 is 4.90 Å². The second kappa shape index (κ2) is 6.81.